The van der Waals surface area contributed by atoms with Gasteiger partial charge in [0.15, 0.2) is 0 Å². The molecule has 2 N–H and O–H groups in total. The summed E-state index contributed by atoms with van der Waals surface area (Å²) < 4.78 is 6.57. The summed E-state index contributed by atoms with van der Waals surface area (Å²) in [6.07, 6.45) is 2.02. The molecule has 18 heavy (non-hydrogen) atoms. The van der Waals surface area contributed by atoms with Crippen LogP contribution in [-0.2, 0) is 16.1 Å². The molecule has 6 heteroatoms. The summed E-state index contributed by atoms with van der Waals surface area (Å²) in [6, 6.07) is 2.48. The second-order valence-corrected chi connectivity index (χ2v) is 3.83. The van der Waals surface area contributed by atoms with Gasteiger partial charge in [-0.15, -0.1) is 0 Å². The third-order valence-corrected chi connectivity index (χ3v) is 2.62. The molecule has 100 valence electrons. The van der Waals surface area contributed by atoms with Gasteiger partial charge in [0.25, 0.3) is 5.91 Å². The summed E-state index contributed by atoms with van der Waals surface area (Å²) in [5, 5.41) is 11.5. The first-order valence-electron chi connectivity index (χ1n) is 5.77. The highest BCUT2D eigenvalue weighted by molar-refractivity contribution is 5.95. The molecule has 6 nitrogen and oxygen atoms in total. The molecule has 0 bridgehead atoms. The van der Waals surface area contributed by atoms with Crippen LogP contribution in [0.4, 0.5) is 0 Å². The van der Waals surface area contributed by atoms with Crippen LogP contribution in [0.1, 0.15) is 23.8 Å². The predicted molar refractivity (Wildman–Crippen MR) is 65.5 cm³/mol. The lowest BCUT2D eigenvalue weighted by Crippen LogP contribution is -2.42. The number of methoxy groups -OCH3 is 1. The average Bonchev–Trinajstić information content (AvgIpc) is 2.82. The normalized spacial score (nSPS) is 12.1. The van der Waals surface area contributed by atoms with Crippen LogP contribution in [0.15, 0.2) is 18.3 Å². The molecule has 1 amide bonds. The first-order valence-corrected chi connectivity index (χ1v) is 5.77. The molecule has 1 aromatic rings. The summed E-state index contributed by atoms with van der Waals surface area (Å²) in [5.41, 5.74) is 0.459. The van der Waals surface area contributed by atoms with E-state index in [0.29, 0.717) is 12.2 Å². The second-order valence-electron chi connectivity index (χ2n) is 3.83. The minimum atomic E-state index is -1.06. The van der Waals surface area contributed by atoms with E-state index in [1.165, 1.54) is 7.11 Å². The van der Waals surface area contributed by atoms with Crippen LogP contribution in [0, 0.1) is 0 Å². The average molecular weight is 254 g/mol. The molecule has 1 atom stereocenters. The van der Waals surface area contributed by atoms with E-state index in [9.17, 15) is 9.59 Å². The lowest BCUT2D eigenvalue weighted by molar-refractivity contribution is -0.139. The number of hydrogen-bond acceptors (Lipinski definition) is 3. The number of nitrogens with one attached hydrogen (secondary N) is 1. The number of aryl methyl sites for hydroxylation is 1. The monoisotopic (exact) mass is 254 g/mol. The van der Waals surface area contributed by atoms with Crippen molar-refractivity contribution in [3.05, 3.63) is 24.0 Å². The number of amides is 1. The van der Waals surface area contributed by atoms with Crippen LogP contribution in [0.2, 0.25) is 0 Å². The van der Waals surface area contributed by atoms with E-state index in [0.717, 1.165) is 0 Å². The van der Waals surface area contributed by atoms with Crippen molar-refractivity contribution in [1.29, 1.82) is 0 Å². The van der Waals surface area contributed by atoms with E-state index in [2.05, 4.69) is 5.32 Å². The maximum Gasteiger partial charge on any atom is 0.326 e. The van der Waals surface area contributed by atoms with Gasteiger partial charge in [0, 0.05) is 32.9 Å². The Kier molecular flexibility index (Phi) is 5.38. The van der Waals surface area contributed by atoms with E-state index in [1.807, 2.05) is 6.92 Å². The maximum atomic E-state index is 11.9. The highest BCUT2D eigenvalue weighted by Crippen LogP contribution is 2.03. The third kappa shape index (κ3) is 3.59. The molecule has 0 aliphatic carbocycles. The van der Waals surface area contributed by atoms with Crippen LogP contribution in [0.5, 0.6) is 0 Å². The SMILES string of the molecule is CCn1cccc1C(=O)NC(CCOC)C(=O)O. The fourth-order valence-electron chi connectivity index (χ4n) is 1.62. The van der Waals surface area contributed by atoms with Crippen molar-refractivity contribution in [3.63, 3.8) is 0 Å². The standard InChI is InChI=1S/C12H18N2O4/c1-3-14-7-4-5-10(14)11(15)13-9(12(16)17)6-8-18-2/h4-5,7,9H,3,6,8H2,1-2H3,(H,13,15)(H,16,17). The number of carboxylic acids is 1. The largest absolute Gasteiger partial charge is 0.480 e. The fraction of sp³-hybridized carbons (Fsp3) is 0.500. The molecule has 0 saturated heterocycles. The zero-order valence-corrected chi connectivity index (χ0v) is 10.5. The van der Waals surface area contributed by atoms with Crippen LogP contribution < -0.4 is 5.32 Å². The molecular weight excluding hydrogens is 236 g/mol. The summed E-state index contributed by atoms with van der Waals surface area (Å²) in [4.78, 5) is 22.9. The Hall–Kier alpha value is -1.82. The first kappa shape index (κ1) is 14.2. The third-order valence-electron chi connectivity index (χ3n) is 2.62. The number of ether oxygens (including phenoxy) is 1. The molecule has 1 heterocycles. The van der Waals surface area contributed by atoms with Crippen LogP contribution in [0.25, 0.3) is 0 Å². The van der Waals surface area contributed by atoms with Gasteiger partial charge in [0.1, 0.15) is 11.7 Å². The fourth-order valence-corrected chi connectivity index (χ4v) is 1.62. The van der Waals surface area contributed by atoms with Crippen molar-refractivity contribution in [2.24, 2.45) is 0 Å². The zero-order valence-electron chi connectivity index (χ0n) is 10.5. The van der Waals surface area contributed by atoms with Crippen molar-refractivity contribution >= 4 is 11.9 Å². The summed E-state index contributed by atoms with van der Waals surface area (Å²) in [6.45, 7) is 2.86. The molecule has 0 aromatic carbocycles. The molecule has 0 saturated carbocycles. The molecule has 0 fully saturated rings. The van der Waals surface area contributed by atoms with Crippen molar-refractivity contribution < 1.29 is 19.4 Å². The highest BCUT2D eigenvalue weighted by atomic mass is 16.5. The Morgan fingerprint density at radius 2 is 2.28 bits per heavy atom. The van der Waals surface area contributed by atoms with E-state index in [4.69, 9.17) is 9.84 Å². The molecule has 0 radical (unpaired) electrons. The van der Waals surface area contributed by atoms with Gasteiger partial charge in [-0.2, -0.15) is 0 Å². The van der Waals surface area contributed by atoms with Crippen molar-refractivity contribution in [2.75, 3.05) is 13.7 Å². The Morgan fingerprint density at radius 1 is 1.56 bits per heavy atom. The van der Waals surface area contributed by atoms with Gasteiger partial charge in [-0.3, -0.25) is 4.79 Å². The van der Waals surface area contributed by atoms with Crippen LogP contribution in [-0.4, -0.2) is 41.3 Å². The molecule has 1 unspecified atom stereocenters. The zero-order chi connectivity index (χ0) is 13.5. The number of rotatable bonds is 7. The number of carboxylic acid groups (broad SMARTS) is 1. The number of aromatic nitrogens is 1. The number of aliphatic carboxylic acids is 1. The lowest BCUT2D eigenvalue weighted by atomic mass is 10.2. The summed E-state index contributed by atoms with van der Waals surface area (Å²) in [5.74, 6) is -1.44. The molecular formula is C12H18N2O4. The predicted octanol–water partition coefficient (Wildman–Crippen LogP) is 0.728. The van der Waals surface area contributed by atoms with E-state index >= 15 is 0 Å². The number of nitrogens with zero attached hydrogens (tertiary/aromatic N) is 1. The maximum absolute atomic E-state index is 11.9. The molecule has 0 aliphatic heterocycles. The topological polar surface area (TPSA) is 80.6 Å². The van der Waals surface area contributed by atoms with Gasteiger partial charge in [-0.05, 0) is 19.1 Å². The van der Waals surface area contributed by atoms with Crippen LogP contribution >= 0.6 is 0 Å². The minimum Gasteiger partial charge on any atom is -0.480 e. The van der Waals surface area contributed by atoms with Crippen molar-refractivity contribution in [3.8, 4) is 0 Å². The highest BCUT2D eigenvalue weighted by Gasteiger charge is 2.21. The van der Waals surface area contributed by atoms with Gasteiger partial charge in [-0.1, -0.05) is 0 Å². The number of carbonyl (C=O) groups excluding carboxylic acids is 1. The van der Waals surface area contributed by atoms with Gasteiger partial charge in [-0.25, -0.2) is 4.79 Å². The van der Waals surface area contributed by atoms with E-state index in [-0.39, 0.29) is 18.9 Å². The second kappa shape index (κ2) is 6.80. The minimum absolute atomic E-state index is 0.240. The van der Waals surface area contributed by atoms with Crippen LogP contribution in [0.3, 0.4) is 0 Å². The Bertz CT molecular complexity index is 414. The molecule has 1 aromatic heterocycles. The summed E-state index contributed by atoms with van der Waals surface area (Å²) >= 11 is 0. The smallest absolute Gasteiger partial charge is 0.326 e. The van der Waals surface area contributed by atoms with Gasteiger partial charge in [0.2, 0.25) is 0 Å². The molecule has 0 spiro atoms. The van der Waals surface area contributed by atoms with Gasteiger partial charge in [0.05, 0.1) is 0 Å². The lowest BCUT2D eigenvalue weighted by Gasteiger charge is -2.14. The number of hydrogen-bond donors (Lipinski definition) is 2. The molecule has 0 aliphatic rings. The van der Waals surface area contributed by atoms with Crippen molar-refractivity contribution in [2.45, 2.75) is 25.9 Å². The summed E-state index contributed by atoms with van der Waals surface area (Å²) in [7, 11) is 1.49. The van der Waals surface area contributed by atoms with Gasteiger partial charge >= 0.3 is 5.97 Å². The Labute approximate surface area is 106 Å². The van der Waals surface area contributed by atoms with E-state index in [1.54, 1.807) is 22.9 Å². The first-order chi connectivity index (χ1) is 8.60. The quantitative estimate of drug-likeness (QED) is 0.751. The van der Waals surface area contributed by atoms with E-state index < -0.39 is 12.0 Å². The Balaban J connectivity index is 2.69. The molecule has 1 rings (SSSR count). The number of carbonyl (C=O) groups is 2. The van der Waals surface area contributed by atoms with Crippen molar-refractivity contribution in [1.82, 2.24) is 9.88 Å². The van der Waals surface area contributed by atoms with Gasteiger partial charge < -0.3 is 19.7 Å². The Morgan fingerprint density at radius 3 is 2.83 bits per heavy atom.